The minimum Gasteiger partial charge on any atom is -0.497 e. The fourth-order valence-corrected chi connectivity index (χ4v) is 3.16. The van der Waals surface area contributed by atoms with Crippen molar-refractivity contribution in [3.63, 3.8) is 0 Å². The molecule has 0 fully saturated rings. The number of hydrogen-bond acceptors (Lipinski definition) is 6. The van der Waals surface area contributed by atoms with E-state index >= 15 is 0 Å². The van der Waals surface area contributed by atoms with Gasteiger partial charge in [0.25, 0.3) is 10.1 Å². The number of benzene rings is 2. The van der Waals surface area contributed by atoms with E-state index in [-0.39, 0.29) is 22.3 Å². The van der Waals surface area contributed by atoms with E-state index in [1.807, 2.05) is 0 Å². The molecule has 0 unspecified atom stereocenters. The van der Waals surface area contributed by atoms with Gasteiger partial charge in [0, 0.05) is 6.07 Å². The quantitative estimate of drug-likeness (QED) is 0.712. The Balaban J connectivity index is 2.23. The average molecular weight is 362 g/mol. The Kier molecular flexibility index (Phi) is 4.23. The fraction of sp³-hybridized carbons (Fsp3) is 0.118. The van der Waals surface area contributed by atoms with Gasteiger partial charge in [0.15, 0.2) is 5.43 Å². The van der Waals surface area contributed by atoms with Crippen LogP contribution in [0.4, 0.5) is 0 Å². The van der Waals surface area contributed by atoms with Gasteiger partial charge in [-0.05, 0) is 29.8 Å². The first-order valence-corrected chi connectivity index (χ1v) is 8.54. The van der Waals surface area contributed by atoms with Gasteiger partial charge >= 0.3 is 0 Å². The summed E-state index contributed by atoms with van der Waals surface area (Å²) in [4.78, 5) is 12.3. The van der Waals surface area contributed by atoms with Crippen molar-refractivity contribution < 1.29 is 26.9 Å². The van der Waals surface area contributed by atoms with Crippen LogP contribution in [-0.4, -0.2) is 27.2 Å². The number of rotatable bonds is 4. The summed E-state index contributed by atoms with van der Waals surface area (Å²) >= 11 is 0. The van der Waals surface area contributed by atoms with Crippen LogP contribution in [0.25, 0.3) is 22.1 Å². The summed E-state index contributed by atoms with van der Waals surface area (Å²) in [7, 11) is -1.73. The molecule has 0 atom stereocenters. The molecule has 1 aromatic heterocycles. The Morgan fingerprint density at radius 1 is 1.04 bits per heavy atom. The van der Waals surface area contributed by atoms with Gasteiger partial charge in [0.05, 0.1) is 25.2 Å². The summed E-state index contributed by atoms with van der Waals surface area (Å²) in [6, 6.07) is 8.80. The van der Waals surface area contributed by atoms with Crippen molar-refractivity contribution >= 4 is 21.1 Å². The zero-order chi connectivity index (χ0) is 18.2. The number of methoxy groups -OCH3 is 2. The molecule has 1 heterocycles. The van der Waals surface area contributed by atoms with Gasteiger partial charge in [-0.3, -0.25) is 9.35 Å². The molecule has 0 radical (unpaired) electrons. The zero-order valence-corrected chi connectivity index (χ0v) is 14.2. The second kappa shape index (κ2) is 6.23. The lowest BCUT2D eigenvalue weighted by molar-refractivity contribution is 0.397. The lowest BCUT2D eigenvalue weighted by Crippen LogP contribution is -2.06. The molecule has 0 amide bonds. The Hall–Kier alpha value is -2.84. The van der Waals surface area contributed by atoms with Crippen LogP contribution in [0.15, 0.2) is 56.8 Å². The van der Waals surface area contributed by atoms with Crippen LogP contribution in [0.1, 0.15) is 0 Å². The molecule has 2 aromatic carbocycles. The molecular weight excluding hydrogens is 348 g/mol. The van der Waals surface area contributed by atoms with E-state index in [0.29, 0.717) is 16.7 Å². The first-order valence-electron chi connectivity index (χ1n) is 7.10. The smallest absolute Gasteiger partial charge is 0.298 e. The van der Waals surface area contributed by atoms with Gasteiger partial charge in [0.2, 0.25) is 0 Å². The van der Waals surface area contributed by atoms with Crippen LogP contribution in [0, 0.1) is 0 Å². The first-order chi connectivity index (χ1) is 11.8. The molecule has 1 N–H and O–H groups in total. The van der Waals surface area contributed by atoms with E-state index in [2.05, 4.69) is 0 Å². The summed E-state index contributed by atoms with van der Waals surface area (Å²) in [6.07, 6.45) is 1.24. The second-order valence-electron chi connectivity index (χ2n) is 5.18. The summed E-state index contributed by atoms with van der Waals surface area (Å²) < 4.78 is 47.9. The Labute approximate surface area is 143 Å². The highest BCUT2D eigenvalue weighted by atomic mass is 32.2. The van der Waals surface area contributed by atoms with Gasteiger partial charge in [-0.1, -0.05) is 6.07 Å². The van der Waals surface area contributed by atoms with Crippen molar-refractivity contribution in [2.45, 2.75) is 4.90 Å². The van der Waals surface area contributed by atoms with E-state index in [1.165, 1.54) is 32.6 Å². The molecular formula is C17H14O7S. The van der Waals surface area contributed by atoms with Gasteiger partial charge < -0.3 is 13.9 Å². The van der Waals surface area contributed by atoms with Gasteiger partial charge in [-0.2, -0.15) is 8.42 Å². The third-order valence-corrected chi connectivity index (χ3v) is 4.61. The summed E-state index contributed by atoms with van der Waals surface area (Å²) in [5.41, 5.74) is 0.442. The van der Waals surface area contributed by atoms with E-state index < -0.39 is 15.0 Å². The minimum atomic E-state index is -4.51. The van der Waals surface area contributed by atoms with Crippen molar-refractivity contribution in [3.05, 3.63) is 52.9 Å². The van der Waals surface area contributed by atoms with Crippen LogP contribution in [-0.2, 0) is 10.1 Å². The number of hydrogen-bond donors (Lipinski definition) is 1. The lowest BCUT2D eigenvalue weighted by Gasteiger charge is -2.09. The predicted molar refractivity (Wildman–Crippen MR) is 90.8 cm³/mol. The second-order valence-corrected chi connectivity index (χ2v) is 6.57. The highest BCUT2D eigenvalue weighted by molar-refractivity contribution is 7.86. The predicted octanol–water partition coefficient (Wildman–Crippen LogP) is 2.72. The van der Waals surface area contributed by atoms with Gasteiger partial charge in [-0.15, -0.1) is 0 Å². The van der Waals surface area contributed by atoms with E-state index in [4.69, 9.17) is 13.9 Å². The Morgan fingerprint density at radius 3 is 2.44 bits per heavy atom. The third kappa shape index (κ3) is 3.09. The van der Waals surface area contributed by atoms with Gasteiger partial charge in [0.1, 0.15) is 28.2 Å². The highest BCUT2D eigenvalue weighted by Crippen LogP contribution is 2.29. The van der Waals surface area contributed by atoms with Crippen molar-refractivity contribution in [2.24, 2.45) is 0 Å². The zero-order valence-electron chi connectivity index (χ0n) is 13.3. The first kappa shape index (κ1) is 17.0. The molecule has 0 bridgehead atoms. The molecule has 0 spiro atoms. The monoisotopic (exact) mass is 362 g/mol. The maximum Gasteiger partial charge on any atom is 0.298 e. The van der Waals surface area contributed by atoms with Crippen LogP contribution >= 0.6 is 0 Å². The summed E-state index contributed by atoms with van der Waals surface area (Å²) in [5, 5.41) is 0.322. The molecule has 3 aromatic rings. The third-order valence-electron chi connectivity index (χ3n) is 3.73. The Morgan fingerprint density at radius 2 is 1.80 bits per heavy atom. The van der Waals surface area contributed by atoms with Crippen molar-refractivity contribution in [2.75, 3.05) is 14.2 Å². The maximum atomic E-state index is 12.7. The SMILES string of the molecule is COc1ccc2c(=O)c(-c3ccc(OC)c(S(=O)(=O)O)c3)coc2c1. The largest absolute Gasteiger partial charge is 0.497 e. The Bertz CT molecular complexity index is 1110. The van der Waals surface area contributed by atoms with E-state index in [0.717, 1.165) is 6.07 Å². The molecule has 0 saturated heterocycles. The molecule has 0 saturated carbocycles. The van der Waals surface area contributed by atoms with E-state index in [1.54, 1.807) is 18.2 Å². The van der Waals surface area contributed by atoms with Crippen molar-refractivity contribution in [1.29, 1.82) is 0 Å². The standard InChI is InChI=1S/C17H14O7S/c1-22-11-4-5-12-15(8-11)24-9-13(17(12)18)10-3-6-14(23-2)16(7-10)25(19,20)21/h3-9H,1-2H3,(H,19,20,21). The topological polar surface area (TPSA) is 103 Å². The molecule has 130 valence electrons. The van der Waals surface area contributed by atoms with Crippen LogP contribution in [0.3, 0.4) is 0 Å². The molecule has 7 nitrogen and oxygen atoms in total. The van der Waals surface area contributed by atoms with Crippen LogP contribution in [0.5, 0.6) is 11.5 Å². The molecule has 8 heteroatoms. The summed E-state index contributed by atoms with van der Waals surface area (Å²) in [5.74, 6) is 0.516. The lowest BCUT2D eigenvalue weighted by atomic mass is 10.1. The molecule has 0 aliphatic rings. The van der Waals surface area contributed by atoms with Gasteiger partial charge in [-0.25, -0.2) is 0 Å². The molecule has 0 aliphatic heterocycles. The van der Waals surface area contributed by atoms with Crippen LogP contribution in [0.2, 0.25) is 0 Å². The fourth-order valence-electron chi connectivity index (χ4n) is 2.48. The molecule has 25 heavy (non-hydrogen) atoms. The maximum absolute atomic E-state index is 12.7. The average Bonchev–Trinajstić information content (AvgIpc) is 2.60. The van der Waals surface area contributed by atoms with Crippen LogP contribution < -0.4 is 14.9 Å². The molecule has 3 rings (SSSR count). The summed E-state index contributed by atoms with van der Waals surface area (Å²) in [6.45, 7) is 0. The normalized spacial score (nSPS) is 11.5. The number of fused-ring (bicyclic) bond motifs is 1. The highest BCUT2D eigenvalue weighted by Gasteiger charge is 2.19. The van der Waals surface area contributed by atoms with Crippen molar-refractivity contribution in [3.8, 4) is 22.6 Å². The van der Waals surface area contributed by atoms with E-state index in [9.17, 15) is 17.8 Å². The molecule has 0 aliphatic carbocycles. The minimum absolute atomic E-state index is 0.0267. The number of ether oxygens (including phenoxy) is 2. The van der Waals surface area contributed by atoms with Crippen molar-refractivity contribution in [1.82, 2.24) is 0 Å².